The summed E-state index contributed by atoms with van der Waals surface area (Å²) < 4.78 is 46.1. The number of nitrogens with two attached hydrogens (primary N) is 1. The van der Waals surface area contributed by atoms with E-state index in [4.69, 9.17) is 21.1 Å². The van der Waals surface area contributed by atoms with Crippen molar-refractivity contribution in [3.05, 3.63) is 102 Å². The van der Waals surface area contributed by atoms with Crippen LogP contribution in [-0.2, 0) is 38.8 Å². The number of anilines is 2. The first-order chi connectivity index (χ1) is 30.6. The molecule has 4 aromatic rings. The number of rotatable bonds is 12. The molecule has 0 radical (unpaired) electrons. The minimum absolute atomic E-state index is 0.0267. The van der Waals surface area contributed by atoms with E-state index >= 15 is 4.39 Å². The highest BCUT2D eigenvalue weighted by atomic mass is 79.9. The van der Waals surface area contributed by atoms with Crippen molar-refractivity contribution in [3.63, 3.8) is 0 Å². The maximum atomic E-state index is 15.4. The Morgan fingerprint density at radius 3 is 1.75 bits per heavy atom. The maximum Gasteiger partial charge on any atom is 0.328 e. The van der Waals surface area contributed by atoms with E-state index in [2.05, 4.69) is 52.0 Å². The second kappa shape index (κ2) is 24.7. The Kier molecular flexibility index (Phi) is 19.9. The van der Waals surface area contributed by atoms with Gasteiger partial charge in [0, 0.05) is 72.7 Å². The first-order valence-electron chi connectivity index (χ1n) is 19.1. The molecule has 6 N–H and O–H groups in total. The van der Waals surface area contributed by atoms with Crippen LogP contribution in [0.3, 0.4) is 0 Å². The van der Waals surface area contributed by atoms with Gasteiger partial charge in [0.1, 0.15) is 28.5 Å². The van der Waals surface area contributed by atoms with Crippen molar-refractivity contribution in [1.29, 1.82) is 0 Å². The number of fused-ring (bicyclic) bond motifs is 1. The second-order valence-electron chi connectivity index (χ2n) is 13.9. The van der Waals surface area contributed by atoms with Crippen LogP contribution < -0.4 is 25.8 Å². The number of hydrogen-bond acceptors (Lipinski definition) is 16. The lowest BCUT2D eigenvalue weighted by atomic mass is 9.89. The molecule has 2 aliphatic rings. The third kappa shape index (κ3) is 16.9. The van der Waals surface area contributed by atoms with Crippen molar-refractivity contribution >= 4 is 84.3 Å². The number of likely N-dealkylation sites (N-methyl/N-ethyl adjacent to an activating group) is 1. The van der Waals surface area contributed by atoms with Gasteiger partial charge in [0.2, 0.25) is 0 Å². The van der Waals surface area contributed by atoms with E-state index in [0.717, 1.165) is 63.1 Å². The van der Waals surface area contributed by atoms with Crippen molar-refractivity contribution in [1.82, 2.24) is 24.3 Å². The van der Waals surface area contributed by atoms with Crippen LogP contribution in [0.25, 0.3) is 22.2 Å². The van der Waals surface area contributed by atoms with Gasteiger partial charge in [0.15, 0.2) is 0 Å². The number of nitrogen functional groups attached to an aromatic ring is 1. The van der Waals surface area contributed by atoms with Crippen molar-refractivity contribution in [2.45, 2.75) is 42.7 Å². The monoisotopic (exact) mass is 986 g/mol. The van der Waals surface area contributed by atoms with Gasteiger partial charge < -0.3 is 60.2 Å². The highest BCUT2D eigenvalue weighted by molar-refractivity contribution is 9.10. The van der Waals surface area contributed by atoms with Gasteiger partial charge in [-0.15, -0.1) is 0 Å². The Hall–Kier alpha value is -7.02. The smallest absolute Gasteiger partial charge is 0.328 e. The van der Waals surface area contributed by atoms with E-state index in [0.29, 0.717) is 63.7 Å². The van der Waals surface area contributed by atoms with Crippen LogP contribution in [0.4, 0.5) is 15.9 Å². The normalized spacial score (nSPS) is 16.7. The molecular weight excluding hydrogens is 945 g/mol. The number of hydrogen-bond donors (Lipinski definition) is 5. The third-order valence-electron chi connectivity index (χ3n) is 9.49. The van der Waals surface area contributed by atoms with Gasteiger partial charge in [-0.2, -0.15) is 0 Å². The lowest BCUT2D eigenvalue weighted by molar-refractivity contribution is -0.298. The Labute approximate surface area is 378 Å². The molecule has 1 saturated heterocycles. The molecule has 21 nitrogen and oxygen atoms in total. The van der Waals surface area contributed by atoms with Gasteiger partial charge in [-0.05, 0) is 96.7 Å². The summed E-state index contributed by atoms with van der Waals surface area (Å²) in [5.41, 5.74) is 8.22. The van der Waals surface area contributed by atoms with E-state index in [-0.39, 0.29) is 16.6 Å². The predicted octanol–water partition coefficient (Wildman–Crippen LogP) is 0.245. The number of nitrogens with one attached hydrogen (secondary N) is 1. The summed E-state index contributed by atoms with van der Waals surface area (Å²) in [4.78, 5) is 70.7. The Morgan fingerprint density at radius 2 is 1.29 bits per heavy atom. The molecule has 2 aromatic carbocycles. The number of carboxylic acid groups (broad SMARTS) is 6. The fourth-order valence-corrected chi connectivity index (χ4v) is 8.61. The van der Waals surface area contributed by atoms with Gasteiger partial charge in [-0.3, -0.25) is 9.62 Å². The van der Waals surface area contributed by atoms with Crippen LogP contribution >= 0.6 is 15.9 Å². The Bertz CT molecular complexity index is 2440. The molecular formula is C41H42BrFN7O14S-3. The summed E-state index contributed by atoms with van der Waals surface area (Å²) in [6.45, 7) is 4.46. The quantitative estimate of drug-likeness (QED) is 0.119. The van der Waals surface area contributed by atoms with E-state index in [1.54, 1.807) is 24.3 Å². The number of carbonyl (C=O) groups is 6. The standard InChI is InChI=1S/C29H33BrFN7O2S.3C4H4O4/c1-36-12-14-37(15-13-36)20-7-9-21(10-8-20)38-17-22(27-28(32)33-18-34-29(27)38)19-6-11-25(24(31)16-19)35-41(39,40)26-5-3-2-4-23(26)30;3*5-3(6)1-2-4(7)8/h2-6,11,16-18,20-21,35H,7-10,12-15H2,1H3,(H2,32,33,34);3*1-2H,(H,5,6)(H,7,8)/p-3/b;3*2-1-. The molecule has 0 atom stereocenters. The summed E-state index contributed by atoms with van der Waals surface area (Å²) >= 11 is 3.25. The average molecular weight is 988 g/mol. The van der Waals surface area contributed by atoms with E-state index < -0.39 is 51.7 Å². The van der Waals surface area contributed by atoms with Crippen LogP contribution in [0, 0.1) is 5.82 Å². The van der Waals surface area contributed by atoms with Crippen LogP contribution in [0.15, 0.2) is 101 Å². The number of carbonyl (C=O) groups excluding carboxylic acids is 3. The van der Waals surface area contributed by atoms with Gasteiger partial charge in [-0.25, -0.2) is 37.2 Å². The summed E-state index contributed by atoms with van der Waals surface area (Å²) in [6.07, 6.45) is 10.6. The summed E-state index contributed by atoms with van der Waals surface area (Å²) in [7, 11) is -1.82. The molecule has 0 bridgehead atoms. The molecule has 65 heavy (non-hydrogen) atoms. The zero-order valence-corrected chi connectivity index (χ0v) is 36.7. The summed E-state index contributed by atoms with van der Waals surface area (Å²) in [5, 5.41) is 52.4. The number of carboxylic acids is 6. The Balaban J connectivity index is 0.000000383. The lowest BCUT2D eigenvalue weighted by Gasteiger charge is -2.41. The number of benzene rings is 2. The summed E-state index contributed by atoms with van der Waals surface area (Å²) in [5.74, 6) is -8.78. The van der Waals surface area contributed by atoms with Gasteiger partial charge >= 0.3 is 17.9 Å². The third-order valence-corrected chi connectivity index (χ3v) is 11.9. The van der Waals surface area contributed by atoms with Crippen LogP contribution in [0.2, 0.25) is 0 Å². The van der Waals surface area contributed by atoms with Gasteiger partial charge in [-0.1, -0.05) is 18.2 Å². The van der Waals surface area contributed by atoms with Crippen molar-refractivity contribution in [3.8, 4) is 11.1 Å². The maximum absolute atomic E-state index is 15.4. The fourth-order valence-electron chi connectivity index (χ4n) is 6.54. The average Bonchev–Trinajstić information content (AvgIpc) is 3.64. The van der Waals surface area contributed by atoms with Crippen LogP contribution in [-0.4, -0.2) is 123 Å². The number of piperazine rings is 1. The zero-order valence-electron chi connectivity index (χ0n) is 34.3. The highest BCUT2D eigenvalue weighted by Gasteiger charge is 2.30. The zero-order chi connectivity index (χ0) is 48.4. The number of nitrogens with zero attached hydrogens (tertiary/aromatic N) is 5. The van der Waals surface area contributed by atoms with Crippen LogP contribution in [0.1, 0.15) is 31.7 Å². The van der Waals surface area contributed by atoms with Crippen molar-refractivity contribution in [2.75, 3.05) is 43.7 Å². The molecule has 1 aliphatic heterocycles. The molecule has 0 unspecified atom stereocenters. The molecule has 0 amide bonds. The SMILES string of the molecule is CN1CCN(C2CCC(n3cc(-c4ccc(NS(=O)(=O)c5ccccc5Br)c(F)c4)c4c(N)ncnc43)CC2)CC1.O=C([O-])/C=C\C(=O)O.O=C([O-])/C=C\C(=O)O.O=C([O-])/C=C\C(=O)O. The van der Waals surface area contributed by atoms with E-state index in [9.17, 15) is 52.5 Å². The molecule has 348 valence electrons. The molecule has 3 heterocycles. The first kappa shape index (κ1) is 52.3. The lowest BCUT2D eigenvalue weighted by Crippen LogP contribution is -2.49. The Morgan fingerprint density at radius 1 is 0.785 bits per heavy atom. The number of aliphatic carboxylic acids is 6. The van der Waals surface area contributed by atoms with E-state index in [1.807, 2.05) is 6.20 Å². The second-order valence-corrected chi connectivity index (χ2v) is 16.4. The van der Waals surface area contributed by atoms with Crippen LogP contribution in [0.5, 0.6) is 0 Å². The van der Waals surface area contributed by atoms with Crippen molar-refractivity contribution in [2.24, 2.45) is 0 Å². The molecule has 24 heteroatoms. The first-order valence-corrected chi connectivity index (χ1v) is 21.3. The molecule has 2 aromatic heterocycles. The molecule has 1 saturated carbocycles. The van der Waals surface area contributed by atoms with Crippen molar-refractivity contribution < 1.29 is 72.2 Å². The number of sulfonamides is 1. The molecule has 0 spiro atoms. The predicted molar refractivity (Wildman–Crippen MR) is 228 cm³/mol. The fraction of sp³-hybridized carbons (Fsp3) is 0.268. The molecule has 2 fully saturated rings. The molecule has 1 aliphatic carbocycles. The number of halogens is 2. The van der Waals surface area contributed by atoms with E-state index in [1.165, 1.54) is 24.5 Å². The van der Waals surface area contributed by atoms with Gasteiger partial charge in [0.05, 0.1) is 29.0 Å². The minimum atomic E-state index is -4.00. The minimum Gasteiger partial charge on any atom is -0.545 e. The highest BCUT2D eigenvalue weighted by Crippen LogP contribution is 2.40. The molecule has 6 rings (SSSR count). The topological polar surface area (TPSA) is 342 Å². The number of aromatic nitrogens is 3. The largest absolute Gasteiger partial charge is 0.545 e. The van der Waals surface area contributed by atoms with Gasteiger partial charge in [0.25, 0.3) is 10.0 Å². The summed E-state index contributed by atoms with van der Waals surface area (Å²) in [6, 6.07) is 11.7.